The van der Waals surface area contributed by atoms with Crippen LogP contribution in [0.4, 0.5) is 0 Å². The molecule has 0 bridgehead atoms. The summed E-state index contributed by atoms with van der Waals surface area (Å²) in [5.74, 6) is 1.46. The fourth-order valence-corrected chi connectivity index (χ4v) is 3.11. The molecule has 1 amide bonds. The van der Waals surface area contributed by atoms with Crippen LogP contribution in [0.25, 0.3) is 10.8 Å². The molecular weight excluding hydrogens is 316 g/mol. The van der Waals surface area contributed by atoms with Gasteiger partial charge < -0.3 is 18.8 Å². The Kier molecular flexibility index (Phi) is 6.32. The lowest BCUT2D eigenvalue weighted by Crippen LogP contribution is -2.36. The second-order valence-corrected chi connectivity index (χ2v) is 6.12. The summed E-state index contributed by atoms with van der Waals surface area (Å²) in [5, 5.41) is 0.720. The third kappa shape index (κ3) is 4.40. The average molecular weight is 338 g/mol. The van der Waals surface area contributed by atoms with Crippen LogP contribution in [0.5, 0.6) is 0 Å². The first-order valence-electron chi connectivity index (χ1n) is 7.38. The van der Waals surface area contributed by atoms with Gasteiger partial charge in [0, 0.05) is 27.3 Å². The molecule has 0 aromatic carbocycles. The van der Waals surface area contributed by atoms with E-state index in [9.17, 15) is 4.79 Å². The molecule has 2 heterocycles. The van der Waals surface area contributed by atoms with Gasteiger partial charge in [-0.1, -0.05) is 0 Å². The van der Waals surface area contributed by atoms with E-state index in [2.05, 4.69) is 4.98 Å². The van der Waals surface area contributed by atoms with Crippen molar-refractivity contribution in [3.05, 3.63) is 28.5 Å². The van der Waals surface area contributed by atoms with Crippen molar-refractivity contribution in [2.24, 2.45) is 0 Å². The number of nitrogens with zero attached hydrogens (tertiary/aromatic N) is 2. The van der Waals surface area contributed by atoms with Gasteiger partial charge in [-0.3, -0.25) is 4.79 Å². The van der Waals surface area contributed by atoms with E-state index in [1.54, 1.807) is 19.1 Å². The molecule has 2 rings (SSSR count). The molecule has 0 fully saturated rings. The minimum Gasteiger partial charge on any atom is -0.459 e. The molecule has 2 aromatic rings. The van der Waals surface area contributed by atoms with E-state index in [1.807, 2.05) is 26.0 Å². The van der Waals surface area contributed by atoms with Gasteiger partial charge in [0.15, 0.2) is 10.8 Å². The van der Waals surface area contributed by atoms with Crippen LogP contribution < -0.4 is 0 Å². The van der Waals surface area contributed by atoms with Gasteiger partial charge in [-0.15, -0.1) is 11.3 Å². The molecule has 126 valence electrons. The molecule has 0 radical (unpaired) electrons. The van der Waals surface area contributed by atoms with Gasteiger partial charge in [-0.05, 0) is 26.0 Å². The van der Waals surface area contributed by atoms with Crippen molar-refractivity contribution in [2.75, 3.05) is 40.5 Å². The van der Waals surface area contributed by atoms with Gasteiger partial charge >= 0.3 is 0 Å². The Morgan fingerprint density at radius 2 is 1.87 bits per heavy atom. The van der Waals surface area contributed by atoms with Gasteiger partial charge in [-0.2, -0.15) is 0 Å². The standard InChI is InChI=1S/C16H22N2O4S/c1-11-5-6-13(22-11)15-17-12(2)14(23-15)16(19)18(7-9-20-3)8-10-21-4/h5-6H,7-10H2,1-4H3. The van der Waals surface area contributed by atoms with Crippen LogP contribution in [0.1, 0.15) is 21.1 Å². The Hall–Kier alpha value is -1.70. The predicted molar refractivity (Wildman–Crippen MR) is 88.9 cm³/mol. The summed E-state index contributed by atoms with van der Waals surface area (Å²) >= 11 is 1.35. The van der Waals surface area contributed by atoms with Crippen LogP contribution in [0, 0.1) is 13.8 Å². The highest BCUT2D eigenvalue weighted by Crippen LogP contribution is 2.30. The summed E-state index contributed by atoms with van der Waals surface area (Å²) in [6, 6.07) is 3.76. The second-order valence-electron chi connectivity index (χ2n) is 5.12. The lowest BCUT2D eigenvalue weighted by Gasteiger charge is -2.21. The lowest BCUT2D eigenvalue weighted by molar-refractivity contribution is 0.0631. The fraction of sp³-hybridized carbons (Fsp3) is 0.500. The number of hydrogen-bond donors (Lipinski definition) is 0. The molecule has 0 aliphatic heterocycles. The number of aryl methyl sites for hydroxylation is 2. The van der Waals surface area contributed by atoms with E-state index in [0.717, 1.165) is 10.8 Å². The Morgan fingerprint density at radius 1 is 1.22 bits per heavy atom. The van der Waals surface area contributed by atoms with Crippen molar-refractivity contribution in [1.82, 2.24) is 9.88 Å². The van der Waals surface area contributed by atoms with Gasteiger partial charge in [0.25, 0.3) is 5.91 Å². The molecule has 0 aliphatic rings. The zero-order valence-electron chi connectivity index (χ0n) is 13.9. The number of ether oxygens (including phenoxy) is 2. The van der Waals surface area contributed by atoms with Crippen LogP contribution in [-0.4, -0.2) is 56.3 Å². The molecule has 23 heavy (non-hydrogen) atoms. The molecule has 0 spiro atoms. The molecule has 0 saturated heterocycles. The summed E-state index contributed by atoms with van der Waals surface area (Å²) in [7, 11) is 3.24. The Bertz CT molecular complexity index is 642. The third-order valence-corrected chi connectivity index (χ3v) is 4.52. The van der Waals surface area contributed by atoms with Crippen molar-refractivity contribution < 1.29 is 18.7 Å². The van der Waals surface area contributed by atoms with Crippen molar-refractivity contribution in [1.29, 1.82) is 0 Å². The Morgan fingerprint density at radius 3 is 2.39 bits per heavy atom. The quantitative estimate of drug-likeness (QED) is 0.740. The van der Waals surface area contributed by atoms with E-state index >= 15 is 0 Å². The normalized spacial score (nSPS) is 11.0. The first-order valence-corrected chi connectivity index (χ1v) is 8.19. The van der Waals surface area contributed by atoms with Crippen molar-refractivity contribution in [3.8, 4) is 10.8 Å². The van der Waals surface area contributed by atoms with Crippen LogP contribution >= 0.6 is 11.3 Å². The molecule has 0 saturated carbocycles. The lowest BCUT2D eigenvalue weighted by atomic mass is 10.3. The molecule has 2 aromatic heterocycles. The zero-order valence-corrected chi connectivity index (χ0v) is 14.7. The highest BCUT2D eigenvalue weighted by molar-refractivity contribution is 7.17. The number of carbonyl (C=O) groups is 1. The minimum atomic E-state index is -0.0522. The van der Waals surface area contributed by atoms with Crippen molar-refractivity contribution in [3.63, 3.8) is 0 Å². The summed E-state index contributed by atoms with van der Waals surface area (Å²) in [4.78, 5) is 19.6. The van der Waals surface area contributed by atoms with Gasteiger partial charge in [0.05, 0.1) is 18.9 Å². The first kappa shape index (κ1) is 17.7. The summed E-state index contributed by atoms with van der Waals surface area (Å²) in [6.45, 7) is 5.73. The first-order chi connectivity index (χ1) is 11.1. The number of thiazole rings is 1. The average Bonchev–Trinajstić information content (AvgIpc) is 3.13. The second kappa shape index (κ2) is 8.24. The molecular formula is C16H22N2O4S. The Labute approximate surface area is 140 Å². The topological polar surface area (TPSA) is 64.8 Å². The predicted octanol–water partition coefficient (Wildman–Crippen LogP) is 2.75. The number of methoxy groups -OCH3 is 2. The molecule has 0 N–H and O–H groups in total. The van der Waals surface area contributed by atoms with E-state index in [1.165, 1.54) is 11.3 Å². The van der Waals surface area contributed by atoms with E-state index in [4.69, 9.17) is 13.9 Å². The summed E-state index contributed by atoms with van der Waals surface area (Å²) < 4.78 is 15.8. The maximum atomic E-state index is 12.8. The van der Waals surface area contributed by atoms with E-state index in [-0.39, 0.29) is 5.91 Å². The molecule has 0 atom stereocenters. The highest BCUT2D eigenvalue weighted by atomic mass is 32.1. The third-order valence-electron chi connectivity index (χ3n) is 3.36. The van der Waals surface area contributed by atoms with Gasteiger partial charge in [0.2, 0.25) is 0 Å². The number of furan rings is 1. The number of hydrogen-bond acceptors (Lipinski definition) is 6. The number of carbonyl (C=O) groups excluding carboxylic acids is 1. The van der Waals surface area contributed by atoms with Gasteiger partial charge in [-0.25, -0.2) is 4.98 Å². The van der Waals surface area contributed by atoms with Crippen molar-refractivity contribution >= 4 is 17.2 Å². The Balaban J connectivity index is 2.20. The number of aromatic nitrogens is 1. The monoisotopic (exact) mass is 338 g/mol. The van der Waals surface area contributed by atoms with Crippen LogP contribution in [0.3, 0.4) is 0 Å². The molecule has 6 nitrogen and oxygen atoms in total. The summed E-state index contributed by atoms with van der Waals surface area (Å²) in [6.07, 6.45) is 0. The van der Waals surface area contributed by atoms with E-state index in [0.29, 0.717) is 42.6 Å². The van der Waals surface area contributed by atoms with Crippen LogP contribution in [-0.2, 0) is 9.47 Å². The number of amides is 1. The van der Waals surface area contributed by atoms with Crippen LogP contribution in [0.15, 0.2) is 16.5 Å². The smallest absolute Gasteiger partial charge is 0.266 e. The summed E-state index contributed by atoms with van der Waals surface area (Å²) in [5.41, 5.74) is 0.712. The maximum absolute atomic E-state index is 12.8. The molecule has 0 unspecified atom stereocenters. The fourth-order valence-electron chi connectivity index (χ4n) is 2.11. The SMILES string of the molecule is COCCN(CCOC)C(=O)c1sc(-c2ccc(C)o2)nc1C. The van der Waals surface area contributed by atoms with E-state index < -0.39 is 0 Å². The zero-order chi connectivity index (χ0) is 16.8. The minimum absolute atomic E-state index is 0.0522. The molecule has 0 aliphatic carbocycles. The number of rotatable bonds is 8. The highest BCUT2D eigenvalue weighted by Gasteiger charge is 2.22. The van der Waals surface area contributed by atoms with Crippen LogP contribution in [0.2, 0.25) is 0 Å². The largest absolute Gasteiger partial charge is 0.459 e. The van der Waals surface area contributed by atoms with Crippen molar-refractivity contribution in [2.45, 2.75) is 13.8 Å². The van der Waals surface area contributed by atoms with Gasteiger partial charge in [0.1, 0.15) is 10.6 Å². The molecule has 7 heteroatoms. The maximum Gasteiger partial charge on any atom is 0.266 e.